The van der Waals surface area contributed by atoms with Crippen LogP contribution in [0.15, 0.2) is 30.3 Å². The number of morpholine rings is 1. The summed E-state index contributed by atoms with van der Waals surface area (Å²) in [5.41, 5.74) is 3.24. The molecule has 0 radical (unpaired) electrons. The van der Waals surface area contributed by atoms with Crippen LogP contribution in [0.3, 0.4) is 0 Å². The summed E-state index contributed by atoms with van der Waals surface area (Å²) < 4.78 is 11.7. The molecule has 1 aromatic carbocycles. The average Bonchev–Trinajstić information content (AvgIpc) is 2.47. The van der Waals surface area contributed by atoms with Crippen LogP contribution in [0, 0.1) is 6.92 Å². The Balaban J connectivity index is 1.65. The molecule has 2 unspecified atom stereocenters. The number of fused-ring (bicyclic) bond motifs is 1. The lowest BCUT2D eigenvalue weighted by molar-refractivity contribution is -0.0715. The molecule has 2 atom stereocenters. The van der Waals surface area contributed by atoms with Crippen molar-refractivity contribution in [3.63, 3.8) is 0 Å². The number of ether oxygens (including phenoxy) is 2. The highest BCUT2D eigenvalue weighted by atomic mass is 16.5. The van der Waals surface area contributed by atoms with Crippen molar-refractivity contribution in [1.29, 1.82) is 0 Å². The van der Waals surface area contributed by atoms with Crippen LogP contribution in [-0.4, -0.2) is 36.9 Å². The summed E-state index contributed by atoms with van der Waals surface area (Å²) in [7, 11) is 0. The molecule has 0 aliphatic carbocycles. The Morgan fingerprint density at radius 1 is 1.33 bits per heavy atom. The highest BCUT2D eigenvalue weighted by Gasteiger charge is 2.18. The summed E-state index contributed by atoms with van der Waals surface area (Å²) in [6, 6.07) is 10.3. The smallest absolute Gasteiger partial charge is 0.0936 e. The van der Waals surface area contributed by atoms with Gasteiger partial charge in [-0.3, -0.25) is 4.98 Å². The van der Waals surface area contributed by atoms with E-state index in [4.69, 9.17) is 9.47 Å². The van der Waals surface area contributed by atoms with E-state index < -0.39 is 0 Å². The van der Waals surface area contributed by atoms with E-state index in [2.05, 4.69) is 29.4 Å². The first-order valence-corrected chi connectivity index (χ1v) is 7.51. The molecule has 2 aromatic rings. The molecule has 1 N–H and O–H groups in total. The van der Waals surface area contributed by atoms with Crippen LogP contribution in [0.25, 0.3) is 10.9 Å². The molecule has 0 spiro atoms. The van der Waals surface area contributed by atoms with Crippen molar-refractivity contribution in [2.24, 2.45) is 0 Å². The zero-order valence-corrected chi connectivity index (χ0v) is 12.6. The van der Waals surface area contributed by atoms with E-state index in [0.717, 1.165) is 24.3 Å². The molecule has 1 saturated heterocycles. The van der Waals surface area contributed by atoms with Crippen molar-refractivity contribution in [2.45, 2.75) is 32.7 Å². The molecule has 3 rings (SSSR count). The molecule has 0 amide bonds. The van der Waals surface area contributed by atoms with Crippen molar-refractivity contribution < 1.29 is 9.47 Å². The van der Waals surface area contributed by atoms with E-state index in [-0.39, 0.29) is 12.2 Å². The molecule has 0 bridgehead atoms. The van der Waals surface area contributed by atoms with Gasteiger partial charge in [-0.15, -0.1) is 0 Å². The van der Waals surface area contributed by atoms with Gasteiger partial charge in [-0.25, -0.2) is 0 Å². The third-order valence-electron chi connectivity index (χ3n) is 3.72. The van der Waals surface area contributed by atoms with Gasteiger partial charge in [0.2, 0.25) is 0 Å². The number of rotatable bonds is 4. The molecular formula is C17H22N2O2. The minimum atomic E-state index is 0.142. The van der Waals surface area contributed by atoms with E-state index in [1.54, 1.807) is 0 Å². The summed E-state index contributed by atoms with van der Waals surface area (Å²) >= 11 is 0. The molecule has 1 aromatic heterocycles. The fourth-order valence-corrected chi connectivity index (χ4v) is 2.79. The van der Waals surface area contributed by atoms with Gasteiger partial charge in [-0.2, -0.15) is 0 Å². The van der Waals surface area contributed by atoms with Gasteiger partial charge in [-0.1, -0.05) is 18.2 Å². The normalized spacial score (nSPS) is 22.6. The van der Waals surface area contributed by atoms with Crippen molar-refractivity contribution >= 4 is 10.9 Å². The Bertz CT molecular complexity index is 615. The summed E-state index contributed by atoms with van der Waals surface area (Å²) in [4.78, 5) is 4.55. The van der Waals surface area contributed by atoms with E-state index in [1.165, 1.54) is 10.9 Å². The fourth-order valence-electron chi connectivity index (χ4n) is 2.79. The van der Waals surface area contributed by atoms with Gasteiger partial charge in [0.1, 0.15) is 0 Å². The lowest BCUT2D eigenvalue weighted by Gasteiger charge is -2.28. The van der Waals surface area contributed by atoms with Gasteiger partial charge in [0, 0.05) is 24.2 Å². The largest absolute Gasteiger partial charge is 0.374 e. The minimum absolute atomic E-state index is 0.142. The number of para-hydroxylation sites is 1. The van der Waals surface area contributed by atoms with Gasteiger partial charge in [0.15, 0.2) is 0 Å². The van der Waals surface area contributed by atoms with E-state index in [1.807, 2.05) is 25.1 Å². The van der Waals surface area contributed by atoms with Crippen LogP contribution >= 0.6 is 0 Å². The predicted molar refractivity (Wildman–Crippen MR) is 83.3 cm³/mol. The van der Waals surface area contributed by atoms with Crippen LogP contribution in [-0.2, 0) is 16.1 Å². The van der Waals surface area contributed by atoms with Gasteiger partial charge in [-0.05, 0) is 31.5 Å². The van der Waals surface area contributed by atoms with Crippen molar-refractivity contribution in [3.05, 3.63) is 41.6 Å². The van der Waals surface area contributed by atoms with E-state index in [9.17, 15) is 0 Å². The number of hydrogen-bond acceptors (Lipinski definition) is 4. The van der Waals surface area contributed by atoms with Crippen LogP contribution in [0.2, 0.25) is 0 Å². The molecular weight excluding hydrogens is 264 g/mol. The van der Waals surface area contributed by atoms with Gasteiger partial charge < -0.3 is 14.8 Å². The van der Waals surface area contributed by atoms with Crippen molar-refractivity contribution in [2.75, 3.05) is 19.7 Å². The summed E-state index contributed by atoms with van der Waals surface area (Å²) in [6.07, 6.45) is 0.402. The van der Waals surface area contributed by atoms with Crippen molar-refractivity contribution in [3.8, 4) is 0 Å². The number of hydrogen-bond donors (Lipinski definition) is 1. The molecule has 1 aliphatic rings. The first kappa shape index (κ1) is 14.4. The number of aromatic nitrogens is 1. The predicted octanol–water partition coefficient (Wildman–Crippen LogP) is 2.44. The third kappa shape index (κ3) is 3.59. The maximum Gasteiger partial charge on any atom is 0.0936 e. The highest BCUT2D eigenvalue weighted by molar-refractivity contribution is 5.82. The summed E-state index contributed by atoms with van der Waals surface area (Å²) in [6.45, 7) is 7.10. The molecule has 1 fully saturated rings. The van der Waals surface area contributed by atoms with Crippen LogP contribution in [0.5, 0.6) is 0 Å². The summed E-state index contributed by atoms with van der Waals surface area (Å²) in [5.74, 6) is 0. The van der Waals surface area contributed by atoms with Gasteiger partial charge in [0.25, 0.3) is 0 Å². The number of nitrogens with one attached hydrogen (secondary N) is 1. The number of nitrogens with zero attached hydrogens (tertiary/aromatic N) is 1. The second-order valence-corrected chi connectivity index (χ2v) is 5.68. The second-order valence-electron chi connectivity index (χ2n) is 5.68. The Kier molecular flexibility index (Phi) is 4.48. The Hall–Kier alpha value is -1.49. The molecule has 21 heavy (non-hydrogen) atoms. The molecule has 1 aliphatic heterocycles. The first-order valence-electron chi connectivity index (χ1n) is 7.51. The Morgan fingerprint density at radius 2 is 2.19 bits per heavy atom. The zero-order valence-electron chi connectivity index (χ0n) is 12.6. The maximum absolute atomic E-state index is 5.88. The Labute approximate surface area is 125 Å². The number of aryl methyl sites for hydroxylation is 1. The topological polar surface area (TPSA) is 43.4 Å². The zero-order chi connectivity index (χ0) is 14.7. The van der Waals surface area contributed by atoms with Crippen LogP contribution < -0.4 is 5.32 Å². The third-order valence-corrected chi connectivity index (χ3v) is 3.72. The summed E-state index contributed by atoms with van der Waals surface area (Å²) in [5, 5.41) is 4.52. The van der Waals surface area contributed by atoms with Gasteiger partial charge in [0.05, 0.1) is 30.9 Å². The number of benzene rings is 1. The molecule has 4 heteroatoms. The van der Waals surface area contributed by atoms with E-state index in [0.29, 0.717) is 13.2 Å². The Morgan fingerprint density at radius 3 is 3.05 bits per heavy atom. The molecule has 4 nitrogen and oxygen atoms in total. The molecule has 0 saturated carbocycles. The fraction of sp³-hybridized carbons (Fsp3) is 0.471. The average molecular weight is 286 g/mol. The van der Waals surface area contributed by atoms with Gasteiger partial charge >= 0.3 is 0 Å². The lowest BCUT2D eigenvalue weighted by atomic mass is 10.1. The minimum Gasteiger partial charge on any atom is -0.374 e. The van der Waals surface area contributed by atoms with Crippen molar-refractivity contribution in [1.82, 2.24) is 10.3 Å². The monoisotopic (exact) mass is 286 g/mol. The standard InChI is InChI=1S/C17H22N2O2/c1-12-7-14(16-5-3-4-6-17(16)19-12)10-20-11-15-9-18-8-13(2)21-15/h3-7,13,15,18H,8-11H2,1-2H3. The first-order chi connectivity index (χ1) is 10.2. The molecule has 2 heterocycles. The molecule has 112 valence electrons. The van der Waals surface area contributed by atoms with Crippen LogP contribution in [0.4, 0.5) is 0 Å². The lowest BCUT2D eigenvalue weighted by Crippen LogP contribution is -2.45. The van der Waals surface area contributed by atoms with E-state index >= 15 is 0 Å². The SMILES string of the molecule is Cc1cc(COCC2CNCC(C)O2)c2ccccc2n1. The maximum atomic E-state index is 5.88. The van der Waals surface area contributed by atoms with Crippen LogP contribution in [0.1, 0.15) is 18.2 Å². The quantitative estimate of drug-likeness (QED) is 0.937. The number of pyridine rings is 1. The highest BCUT2D eigenvalue weighted by Crippen LogP contribution is 2.19. The second kappa shape index (κ2) is 6.52.